The largest absolute Gasteiger partial charge is 0.489 e. The van der Waals surface area contributed by atoms with Crippen molar-refractivity contribution in [3.8, 4) is 5.75 Å². The molecule has 1 atom stereocenters. The Balaban J connectivity index is 2.06. The maximum atomic E-state index is 11.5. The van der Waals surface area contributed by atoms with Crippen molar-refractivity contribution in [3.05, 3.63) is 28.8 Å². The molecule has 0 aromatic heterocycles. The minimum Gasteiger partial charge on any atom is -0.489 e. The first-order chi connectivity index (χ1) is 9.61. The van der Waals surface area contributed by atoms with Crippen LogP contribution in [-0.4, -0.2) is 23.8 Å². The molecular formula is C15H19ClO4. The third kappa shape index (κ3) is 3.64. The van der Waals surface area contributed by atoms with Crippen LogP contribution in [0.4, 0.5) is 0 Å². The number of benzene rings is 1. The van der Waals surface area contributed by atoms with Crippen molar-refractivity contribution >= 4 is 17.6 Å². The molecule has 110 valence electrons. The van der Waals surface area contributed by atoms with Crippen LogP contribution in [0.25, 0.3) is 0 Å². The van der Waals surface area contributed by atoms with Gasteiger partial charge in [-0.1, -0.05) is 17.7 Å². The highest BCUT2D eigenvalue weighted by Gasteiger charge is 2.21. The van der Waals surface area contributed by atoms with E-state index >= 15 is 0 Å². The van der Waals surface area contributed by atoms with E-state index in [1.807, 2.05) is 0 Å². The third-order valence-electron chi connectivity index (χ3n) is 3.38. The fraction of sp³-hybridized carbons (Fsp3) is 0.533. The van der Waals surface area contributed by atoms with E-state index in [1.54, 1.807) is 25.1 Å². The number of ether oxygens (including phenoxy) is 2. The number of aliphatic hydroxyl groups excluding tert-OH is 1. The average Bonchev–Trinajstić information content (AvgIpc) is 2.93. The molecule has 0 saturated heterocycles. The van der Waals surface area contributed by atoms with E-state index in [0.717, 1.165) is 12.8 Å². The number of hydrogen-bond acceptors (Lipinski definition) is 4. The van der Waals surface area contributed by atoms with Crippen LogP contribution in [0, 0.1) is 0 Å². The second-order valence-electron chi connectivity index (χ2n) is 4.87. The molecule has 0 spiro atoms. The summed E-state index contributed by atoms with van der Waals surface area (Å²) >= 11 is 6.15. The Morgan fingerprint density at radius 2 is 2.15 bits per heavy atom. The topological polar surface area (TPSA) is 55.8 Å². The summed E-state index contributed by atoms with van der Waals surface area (Å²) in [5.41, 5.74) is 0.409. The van der Waals surface area contributed by atoms with Gasteiger partial charge in [0.05, 0.1) is 17.7 Å². The van der Waals surface area contributed by atoms with Crippen LogP contribution < -0.4 is 4.74 Å². The lowest BCUT2D eigenvalue weighted by Gasteiger charge is -2.16. The number of hydrogen-bond donors (Lipinski definition) is 1. The number of rotatable bonds is 5. The number of carbonyl (C=O) groups is 1. The molecule has 0 amide bonds. The Morgan fingerprint density at radius 1 is 1.45 bits per heavy atom. The van der Waals surface area contributed by atoms with Crippen LogP contribution in [0.5, 0.6) is 5.75 Å². The molecule has 1 unspecified atom stereocenters. The summed E-state index contributed by atoms with van der Waals surface area (Å²) < 4.78 is 10.6. The average molecular weight is 299 g/mol. The zero-order chi connectivity index (χ0) is 14.5. The zero-order valence-corrected chi connectivity index (χ0v) is 12.2. The Kier molecular flexibility index (Phi) is 5.26. The molecular weight excluding hydrogens is 280 g/mol. The summed E-state index contributed by atoms with van der Waals surface area (Å²) in [6.45, 7) is 1.92. The van der Waals surface area contributed by atoms with Gasteiger partial charge in [-0.3, -0.25) is 0 Å². The maximum Gasteiger partial charge on any atom is 0.339 e. The van der Waals surface area contributed by atoms with Crippen LogP contribution >= 0.6 is 11.6 Å². The minimum absolute atomic E-state index is 0.216. The second-order valence-corrected chi connectivity index (χ2v) is 5.28. The van der Waals surface area contributed by atoms with Gasteiger partial charge in [0.15, 0.2) is 6.10 Å². The minimum atomic E-state index is -1.31. The summed E-state index contributed by atoms with van der Waals surface area (Å²) in [6.07, 6.45) is 3.36. The molecule has 2 rings (SSSR count). The first-order valence-electron chi connectivity index (χ1n) is 6.92. The lowest BCUT2D eigenvalue weighted by molar-refractivity contribution is -0.153. The van der Waals surface area contributed by atoms with Gasteiger partial charge in [-0.05, 0) is 50.3 Å². The van der Waals surface area contributed by atoms with Crippen molar-refractivity contribution in [3.63, 3.8) is 0 Å². The van der Waals surface area contributed by atoms with Crippen LogP contribution in [0.2, 0.25) is 5.02 Å². The monoisotopic (exact) mass is 298 g/mol. The van der Waals surface area contributed by atoms with Crippen molar-refractivity contribution in [2.75, 3.05) is 6.61 Å². The molecule has 0 bridgehead atoms. The normalized spacial score (nSPS) is 16.9. The lowest BCUT2D eigenvalue weighted by atomic mass is 10.1. The van der Waals surface area contributed by atoms with Gasteiger partial charge in [-0.25, -0.2) is 4.79 Å². The lowest BCUT2D eigenvalue weighted by Crippen LogP contribution is -2.15. The van der Waals surface area contributed by atoms with Crippen molar-refractivity contribution in [2.45, 2.75) is 44.8 Å². The van der Waals surface area contributed by atoms with Gasteiger partial charge in [-0.2, -0.15) is 0 Å². The SMILES string of the molecule is CCOC(=O)C(O)c1ccc(OC2CCCC2)c(Cl)c1. The Bertz CT molecular complexity index is 469. The second kappa shape index (κ2) is 6.95. The van der Waals surface area contributed by atoms with Crippen LogP contribution in [0.3, 0.4) is 0 Å². The molecule has 1 N–H and O–H groups in total. The zero-order valence-electron chi connectivity index (χ0n) is 11.5. The summed E-state index contributed by atoms with van der Waals surface area (Å²) in [5.74, 6) is -0.0774. The molecule has 1 aliphatic rings. The van der Waals surface area contributed by atoms with E-state index < -0.39 is 12.1 Å². The van der Waals surface area contributed by atoms with Crippen LogP contribution in [0.1, 0.15) is 44.3 Å². The van der Waals surface area contributed by atoms with E-state index in [-0.39, 0.29) is 12.7 Å². The third-order valence-corrected chi connectivity index (χ3v) is 3.67. The van der Waals surface area contributed by atoms with Gasteiger partial charge in [0.1, 0.15) is 5.75 Å². The van der Waals surface area contributed by atoms with E-state index in [1.165, 1.54) is 12.8 Å². The molecule has 5 heteroatoms. The van der Waals surface area contributed by atoms with Crippen LogP contribution in [0.15, 0.2) is 18.2 Å². The maximum absolute atomic E-state index is 11.5. The fourth-order valence-corrected chi connectivity index (χ4v) is 2.56. The van der Waals surface area contributed by atoms with Gasteiger partial charge in [0.25, 0.3) is 0 Å². The first kappa shape index (κ1) is 15.1. The van der Waals surface area contributed by atoms with Gasteiger partial charge in [-0.15, -0.1) is 0 Å². The number of esters is 1. The van der Waals surface area contributed by atoms with Crippen LogP contribution in [-0.2, 0) is 9.53 Å². The van der Waals surface area contributed by atoms with Gasteiger partial charge < -0.3 is 14.6 Å². The molecule has 20 heavy (non-hydrogen) atoms. The van der Waals surface area contributed by atoms with Gasteiger partial charge in [0.2, 0.25) is 0 Å². The molecule has 0 radical (unpaired) electrons. The quantitative estimate of drug-likeness (QED) is 0.848. The predicted octanol–water partition coefficient (Wildman–Crippen LogP) is 3.26. The van der Waals surface area contributed by atoms with Crippen molar-refractivity contribution in [1.82, 2.24) is 0 Å². The van der Waals surface area contributed by atoms with E-state index in [2.05, 4.69) is 0 Å². The highest BCUT2D eigenvalue weighted by Crippen LogP contribution is 2.32. The highest BCUT2D eigenvalue weighted by molar-refractivity contribution is 6.32. The van der Waals surface area contributed by atoms with Gasteiger partial charge >= 0.3 is 5.97 Å². The molecule has 1 aromatic carbocycles. The molecule has 0 aliphatic heterocycles. The summed E-state index contributed by atoms with van der Waals surface area (Å²) in [6, 6.07) is 4.88. The summed E-state index contributed by atoms with van der Waals surface area (Å²) in [7, 11) is 0. The Morgan fingerprint density at radius 3 is 2.75 bits per heavy atom. The van der Waals surface area contributed by atoms with Crippen molar-refractivity contribution < 1.29 is 19.4 Å². The molecule has 1 fully saturated rings. The van der Waals surface area contributed by atoms with Crippen molar-refractivity contribution in [1.29, 1.82) is 0 Å². The van der Waals surface area contributed by atoms with E-state index in [0.29, 0.717) is 16.3 Å². The molecule has 0 heterocycles. The van der Waals surface area contributed by atoms with E-state index in [4.69, 9.17) is 21.1 Å². The molecule has 1 aliphatic carbocycles. The molecule has 4 nitrogen and oxygen atoms in total. The molecule has 1 aromatic rings. The molecule has 1 saturated carbocycles. The fourth-order valence-electron chi connectivity index (χ4n) is 2.33. The summed E-state index contributed by atoms with van der Waals surface area (Å²) in [5, 5.41) is 10.2. The Hall–Kier alpha value is -1.26. The number of carbonyl (C=O) groups excluding carboxylic acids is 1. The number of aliphatic hydroxyl groups is 1. The van der Waals surface area contributed by atoms with Gasteiger partial charge in [0, 0.05) is 0 Å². The van der Waals surface area contributed by atoms with E-state index in [9.17, 15) is 9.90 Å². The predicted molar refractivity (Wildman–Crippen MR) is 75.9 cm³/mol. The smallest absolute Gasteiger partial charge is 0.339 e. The first-order valence-corrected chi connectivity index (χ1v) is 7.30. The standard InChI is InChI=1S/C15H19ClO4/c1-2-19-15(18)14(17)10-7-8-13(12(16)9-10)20-11-5-3-4-6-11/h7-9,11,14,17H,2-6H2,1H3. The Labute approximate surface area is 123 Å². The number of halogens is 1. The summed E-state index contributed by atoms with van der Waals surface area (Å²) in [4.78, 5) is 11.5. The highest BCUT2D eigenvalue weighted by atomic mass is 35.5. The van der Waals surface area contributed by atoms with Crippen molar-refractivity contribution in [2.24, 2.45) is 0 Å².